The lowest BCUT2D eigenvalue weighted by molar-refractivity contribution is -0.153. The molecule has 0 amide bonds. The normalized spacial score (nSPS) is 13.0. The Morgan fingerprint density at radius 3 is 1.20 bits per heavy atom. The van der Waals surface area contributed by atoms with Gasteiger partial charge in [0.25, 0.3) is 0 Å². The zero-order valence-corrected chi connectivity index (χ0v) is 30.1. The first-order valence-electron chi connectivity index (χ1n) is 19.0. The molecule has 0 bridgehead atoms. The van der Waals surface area contributed by atoms with E-state index in [-0.39, 0.29) is 11.9 Å². The van der Waals surface area contributed by atoms with E-state index in [0.717, 1.165) is 38.5 Å². The van der Waals surface area contributed by atoms with E-state index in [1.807, 2.05) is 19.0 Å². The number of carbonyl (C=O) groups is 1. The summed E-state index contributed by atoms with van der Waals surface area (Å²) in [5.74, 6) is 0.0931. The van der Waals surface area contributed by atoms with Crippen LogP contribution < -0.4 is 0 Å². The van der Waals surface area contributed by atoms with Crippen molar-refractivity contribution in [2.45, 2.75) is 181 Å². The second-order valence-electron chi connectivity index (χ2n) is 13.1. The molecule has 0 aliphatic heterocycles. The van der Waals surface area contributed by atoms with E-state index >= 15 is 0 Å². The molecule has 0 N–H and O–H groups in total. The topological polar surface area (TPSA) is 29.5 Å². The predicted molar refractivity (Wildman–Crippen MR) is 196 cm³/mol. The van der Waals surface area contributed by atoms with Crippen LogP contribution in [0.15, 0.2) is 48.6 Å². The van der Waals surface area contributed by atoms with E-state index in [4.69, 9.17) is 4.74 Å². The van der Waals surface area contributed by atoms with Gasteiger partial charge in [-0.3, -0.25) is 9.69 Å². The van der Waals surface area contributed by atoms with Crippen molar-refractivity contribution in [2.75, 3.05) is 20.8 Å². The van der Waals surface area contributed by atoms with Crippen LogP contribution in [0.2, 0.25) is 0 Å². The SMILES string of the molecule is CCCCCC=CCC=CCCCCCCCCC(CCCCCCCC/C=C\C/C=C\CCCCC)C(=O)OCN(C)C. The molecule has 44 heavy (non-hydrogen) atoms. The second kappa shape index (κ2) is 35.9. The number of carbonyl (C=O) groups excluding carboxylic acids is 1. The van der Waals surface area contributed by atoms with Crippen LogP contribution in [0.5, 0.6) is 0 Å². The fraction of sp³-hybridized carbons (Fsp3) is 0.780. The van der Waals surface area contributed by atoms with Gasteiger partial charge in [-0.1, -0.05) is 152 Å². The van der Waals surface area contributed by atoms with Crippen LogP contribution in [0.4, 0.5) is 0 Å². The van der Waals surface area contributed by atoms with Gasteiger partial charge in [-0.2, -0.15) is 0 Å². The van der Waals surface area contributed by atoms with Crippen molar-refractivity contribution in [1.29, 1.82) is 0 Å². The van der Waals surface area contributed by atoms with E-state index in [1.165, 1.54) is 128 Å². The Labute approximate surface area is 276 Å². The van der Waals surface area contributed by atoms with Gasteiger partial charge < -0.3 is 4.74 Å². The second-order valence-corrected chi connectivity index (χ2v) is 13.1. The molecule has 3 heteroatoms. The molecule has 256 valence electrons. The first kappa shape index (κ1) is 42.4. The lowest BCUT2D eigenvalue weighted by Gasteiger charge is -2.18. The fourth-order valence-electron chi connectivity index (χ4n) is 5.45. The Morgan fingerprint density at radius 1 is 0.500 bits per heavy atom. The minimum atomic E-state index is 0.0175. The summed E-state index contributed by atoms with van der Waals surface area (Å²) in [4.78, 5) is 14.7. The summed E-state index contributed by atoms with van der Waals surface area (Å²) < 4.78 is 5.59. The van der Waals surface area contributed by atoms with E-state index < -0.39 is 0 Å². The van der Waals surface area contributed by atoms with Crippen molar-refractivity contribution in [3.8, 4) is 0 Å². The quantitative estimate of drug-likeness (QED) is 0.0319. The molecule has 0 heterocycles. The highest BCUT2D eigenvalue weighted by molar-refractivity contribution is 5.72. The average Bonchev–Trinajstić information content (AvgIpc) is 3.02. The van der Waals surface area contributed by atoms with Crippen LogP contribution in [-0.4, -0.2) is 31.7 Å². The summed E-state index contributed by atoms with van der Waals surface area (Å²) in [6.07, 6.45) is 50.8. The van der Waals surface area contributed by atoms with Crippen molar-refractivity contribution >= 4 is 5.97 Å². The number of hydrogen-bond acceptors (Lipinski definition) is 3. The van der Waals surface area contributed by atoms with E-state index in [0.29, 0.717) is 6.73 Å². The lowest BCUT2D eigenvalue weighted by Crippen LogP contribution is -2.24. The van der Waals surface area contributed by atoms with Crippen LogP contribution in [0, 0.1) is 5.92 Å². The minimum absolute atomic E-state index is 0.0175. The van der Waals surface area contributed by atoms with Gasteiger partial charge in [-0.05, 0) is 91.1 Å². The summed E-state index contributed by atoms with van der Waals surface area (Å²) in [5, 5.41) is 0. The molecule has 0 aromatic rings. The van der Waals surface area contributed by atoms with E-state index in [9.17, 15) is 4.79 Å². The number of esters is 1. The predicted octanol–water partition coefficient (Wildman–Crippen LogP) is 13.1. The Morgan fingerprint density at radius 2 is 0.841 bits per heavy atom. The third-order valence-electron chi connectivity index (χ3n) is 8.30. The van der Waals surface area contributed by atoms with Crippen molar-refractivity contribution in [3.05, 3.63) is 48.6 Å². The van der Waals surface area contributed by atoms with E-state index in [2.05, 4.69) is 62.5 Å². The summed E-state index contributed by atoms with van der Waals surface area (Å²) in [7, 11) is 3.90. The van der Waals surface area contributed by atoms with Crippen molar-refractivity contribution in [3.63, 3.8) is 0 Å². The molecule has 0 rings (SSSR count). The molecule has 1 atom stereocenters. The number of unbranched alkanes of at least 4 members (excludes halogenated alkanes) is 18. The Bertz CT molecular complexity index is 657. The van der Waals surface area contributed by atoms with Gasteiger partial charge in [-0.15, -0.1) is 0 Å². The summed E-state index contributed by atoms with van der Waals surface area (Å²) >= 11 is 0. The molecule has 0 aliphatic rings. The minimum Gasteiger partial charge on any atom is -0.449 e. The molecule has 0 saturated heterocycles. The molecule has 1 unspecified atom stereocenters. The molecule has 0 radical (unpaired) electrons. The van der Waals surface area contributed by atoms with Crippen molar-refractivity contribution in [1.82, 2.24) is 4.90 Å². The Hall–Kier alpha value is -1.61. The highest BCUT2D eigenvalue weighted by atomic mass is 16.5. The van der Waals surface area contributed by atoms with Crippen molar-refractivity contribution in [2.24, 2.45) is 5.92 Å². The van der Waals surface area contributed by atoms with Crippen LogP contribution >= 0.6 is 0 Å². The van der Waals surface area contributed by atoms with Gasteiger partial charge in [0.05, 0.1) is 5.92 Å². The molecule has 0 spiro atoms. The number of rotatable bonds is 33. The smallest absolute Gasteiger partial charge is 0.310 e. The Kier molecular flexibility index (Phi) is 34.6. The third-order valence-corrected chi connectivity index (χ3v) is 8.30. The zero-order chi connectivity index (χ0) is 32.2. The Balaban J connectivity index is 3.91. The molecule has 3 nitrogen and oxygen atoms in total. The number of nitrogens with zero attached hydrogens (tertiary/aromatic N) is 1. The molecular weight excluding hydrogens is 538 g/mol. The fourth-order valence-corrected chi connectivity index (χ4v) is 5.45. The van der Waals surface area contributed by atoms with Gasteiger partial charge in [0.15, 0.2) is 0 Å². The molecule has 0 aromatic carbocycles. The number of allylic oxidation sites excluding steroid dienone is 8. The number of ether oxygens (including phenoxy) is 1. The van der Waals surface area contributed by atoms with Crippen LogP contribution in [0.3, 0.4) is 0 Å². The van der Waals surface area contributed by atoms with Gasteiger partial charge >= 0.3 is 5.97 Å². The maximum Gasteiger partial charge on any atom is 0.310 e. The highest BCUT2D eigenvalue weighted by Gasteiger charge is 2.19. The summed E-state index contributed by atoms with van der Waals surface area (Å²) in [6.45, 7) is 4.91. The van der Waals surface area contributed by atoms with Crippen LogP contribution in [0.1, 0.15) is 181 Å². The maximum absolute atomic E-state index is 12.8. The lowest BCUT2D eigenvalue weighted by atomic mass is 9.94. The maximum atomic E-state index is 12.8. The molecule has 0 aliphatic carbocycles. The average molecular weight is 614 g/mol. The van der Waals surface area contributed by atoms with E-state index in [1.54, 1.807) is 0 Å². The van der Waals surface area contributed by atoms with Gasteiger partial charge in [0.1, 0.15) is 6.73 Å². The monoisotopic (exact) mass is 614 g/mol. The largest absolute Gasteiger partial charge is 0.449 e. The first-order chi connectivity index (χ1) is 21.6. The van der Waals surface area contributed by atoms with Crippen LogP contribution in [-0.2, 0) is 9.53 Å². The van der Waals surface area contributed by atoms with Gasteiger partial charge in [0, 0.05) is 0 Å². The first-order valence-corrected chi connectivity index (χ1v) is 19.0. The third kappa shape index (κ3) is 33.3. The molecular formula is C41H75NO2. The van der Waals surface area contributed by atoms with Gasteiger partial charge in [-0.25, -0.2) is 0 Å². The standard InChI is InChI=1S/C41H75NO2/c1-5-7-9-11-13-15-17-19-21-23-25-27-29-31-33-35-37-40(41(43)44-39-42(3)4)38-36-34-32-30-28-26-24-22-20-18-16-14-12-10-8-6-2/h13-16,19-22,40H,5-12,17-18,23-39H2,1-4H3/b15-13-,16-14?,21-19-,22-20?. The molecule has 0 fully saturated rings. The molecule has 0 aromatic heterocycles. The van der Waals surface area contributed by atoms with Gasteiger partial charge in [0.2, 0.25) is 0 Å². The summed E-state index contributed by atoms with van der Waals surface area (Å²) in [5.41, 5.74) is 0. The van der Waals surface area contributed by atoms with Crippen LogP contribution in [0.25, 0.3) is 0 Å². The highest BCUT2D eigenvalue weighted by Crippen LogP contribution is 2.21. The summed E-state index contributed by atoms with van der Waals surface area (Å²) in [6, 6.07) is 0. The van der Waals surface area contributed by atoms with Crippen molar-refractivity contribution < 1.29 is 9.53 Å². The number of hydrogen-bond donors (Lipinski definition) is 0. The molecule has 0 saturated carbocycles. The zero-order valence-electron chi connectivity index (χ0n) is 30.1.